The van der Waals surface area contributed by atoms with Gasteiger partial charge in [-0.3, -0.25) is 4.72 Å². The van der Waals surface area contributed by atoms with E-state index in [0.717, 1.165) is 11.6 Å². The summed E-state index contributed by atoms with van der Waals surface area (Å²) >= 11 is 0. The van der Waals surface area contributed by atoms with Gasteiger partial charge in [-0.05, 0) is 24.1 Å². The molecule has 0 aliphatic carbocycles. The van der Waals surface area contributed by atoms with E-state index in [4.69, 9.17) is 5.73 Å². The van der Waals surface area contributed by atoms with Crippen molar-refractivity contribution < 1.29 is 21.6 Å². The summed E-state index contributed by atoms with van der Waals surface area (Å²) in [7, 11) is -5.39. The number of nitrogens with one attached hydrogen (secondary N) is 1. The van der Waals surface area contributed by atoms with Gasteiger partial charge in [-0.25, -0.2) is 0 Å². The molecule has 128 valence electrons. The van der Waals surface area contributed by atoms with Crippen LogP contribution in [0.3, 0.4) is 0 Å². The van der Waals surface area contributed by atoms with Crippen LogP contribution < -0.4 is 10.5 Å². The second kappa shape index (κ2) is 8.87. The Balaban J connectivity index is 0.000000763. The van der Waals surface area contributed by atoms with Crippen LogP contribution in [-0.2, 0) is 16.4 Å². The van der Waals surface area contributed by atoms with E-state index in [1.54, 1.807) is 0 Å². The summed E-state index contributed by atoms with van der Waals surface area (Å²) in [5, 5.41) is 0. The van der Waals surface area contributed by atoms with Crippen LogP contribution in [0.1, 0.15) is 45.6 Å². The summed E-state index contributed by atoms with van der Waals surface area (Å²) in [6, 6.07) is 3.87. The number of unbranched alkanes of at least 4 members (excludes halogenated alkanes) is 2. The molecule has 0 aromatic heterocycles. The Hall–Kier alpha value is -1.44. The fraction of sp³-hybridized carbons (Fsp3) is 0.571. The molecule has 4 nitrogen and oxygen atoms in total. The van der Waals surface area contributed by atoms with Crippen LogP contribution in [0, 0.1) is 0 Å². The highest BCUT2D eigenvalue weighted by atomic mass is 32.2. The topological polar surface area (TPSA) is 72.2 Å². The third kappa shape index (κ3) is 6.55. The molecule has 0 bridgehead atoms. The maximum absolute atomic E-state index is 12.1. The predicted molar refractivity (Wildman–Crippen MR) is 84.0 cm³/mol. The quantitative estimate of drug-likeness (QED) is 0.786. The molecule has 0 atom stereocenters. The molecule has 0 heterocycles. The fourth-order valence-corrected chi connectivity index (χ4v) is 2.10. The van der Waals surface area contributed by atoms with Gasteiger partial charge < -0.3 is 5.73 Å². The van der Waals surface area contributed by atoms with E-state index >= 15 is 0 Å². The maximum atomic E-state index is 12.1. The number of hydrogen-bond donors (Lipinski definition) is 2. The van der Waals surface area contributed by atoms with E-state index in [-0.39, 0.29) is 11.4 Å². The van der Waals surface area contributed by atoms with Gasteiger partial charge in [0.05, 0.1) is 5.69 Å². The van der Waals surface area contributed by atoms with Crippen LogP contribution >= 0.6 is 0 Å². The first-order chi connectivity index (χ1) is 10.1. The number of nitrogen functional groups attached to an aromatic ring is 1. The summed E-state index contributed by atoms with van der Waals surface area (Å²) in [6.07, 6.45) is 4.69. The van der Waals surface area contributed by atoms with Crippen molar-refractivity contribution in [3.63, 3.8) is 0 Å². The lowest BCUT2D eigenvalue weighted by molar-refractivity contribution is -0.0429. The molecular formula is C14H23F3N2O2S. The molecule has 0 saturated carbocycles. The molecule has 22 heavy (non-hydrogen) atoms. The summed E-state index contributed by atoms with van der Waals surface area (Å²) in [5.74, 6) is 0. The van der Waals surface area contributed by atoms with Crippen LogP contribution in [0.15, 0.2) is 18.2 Å². The number of nitrogens with two attached hydrogens (primary N) is 1. The monoisotopic (exact) mass is 340 g/mol. The highest BCUT2D eigenvalue weighted by Crippen LogP contribution is 2.26. The number of hydrogen-bond acceptors (Lipinski definition) is 3. The molecule has 1 aromatic carbocycles. The number of halogens is 3. The molecule has 0 aliphatic heterocycles. The zero-order valence-electron chi connectivity index (χ0n) is 13.0. The smallest absolute Gasteiger partial charge is 0.398 e. The number of sulfonamides is 1. The lowest BCUT2D eigenvalue weighted by Gasteiger charge is -2.12. The Labute approximate surface area is 130 Å². The molecule has 0 spiro atoms. The number of alkyl halides is 3. The average Bonchev–Trinajstić information content (AvgIpc) is 2.39. The van der Waals surface area contributed by atoms with Crippen molar-refractivity contribution in [1.82, 2.24) is 0 Å². The highest BCUT2D eigenvalue weighted by molar-refractivity contribution is 7.93. The number of anilines is 2. The van der Waals surface area contributed by atoms with E-state index in [9.17, 15) is 21.6 Å². The predicted octanol–water partition coefficient (Wildman–Crippen LogP) is 4.29. The largest absolute Gasteiger partial charge is 0.516 e. The molecule has 1 rings (SSSR count). The Kier molecular flexibility index (Phi) is 8.29. The van der Waals surface area contributed by atoms with Gasteiger partial charge in [0.2, 0.25) is 0 Å². The molecule has 0 fully saturated rings. The van der Waals surface area contributed by atoms with E-state index in [2.05, 4.69) is 13.8 Å². The van der Waals surface area contributed by atoms with Crippen molar-refractivity contribution in [2.75, 3.05) is 10.5 Å². The first-order valence-corrected chi connectivity index (χ1v) is 8.54. The zero-order chi connectivity index (χ0) is 17.4. The summed E-state index contributed by atoms with van der Waals surface area (Å²) in [6.45, 7) is 6.25. The molecule has 1 aromatic rings. The van der Waals surface area contributed by atoms with E-state index in [1.807, 2.05) is 6.92 Å². The number of aryl methyl sites for hydroxylation is 1. The summed E-state index contributed by atoms with van der Waals surface area (Å²) in [5.41, 5.74) is 0.972. The maximum Gasteiger partial charge on any atom is 0.516 e. The van der Waals surface area contributed by atoms with Crippen molar-refractivity contribution in [3.8, 4) is 0 Å². The van der Waals surface area contributed by atoms with E-state index in [0.29, 0.717) is 6.42 Å². The second-order valence-corrected chi connectivity index (χ2v) is 6.35. The molecular weight excluding hydrogens is 317 g/mol. The molecule has 0 radical (unpaired) electrons. The van der Waals surface area contributed by atoms with Crippen LogP contribution in [0.5, 0.6) is 0 Å². The van der Waals surface area contributed by atoms with Gasteiger partial charge in [-0.1, -0.05) is 46.1 Å². The summed E-state index contributed by atoms with van der Waals surface area (Å²) in [4.78, 5) is 0. The first-order valence-electron chi connectivity index (χ1n) is 7.06. The highest BCUT2D eigenvalue weighted by Gasteiger charge is 2.46. The van der Waals surface area contributed by atoms with Gasteiger partial charge in [0.15, 0.2) is 0 Å². The number of rotatable bonds is 5. The van der Waals surface area contributed by atoms with Crippen molar-refractivity contribution in [2.45, 2.75) is 52.0 Å². The second-order valence-electron chi connectivity index (χ2n) is 4.67. The molecule has 3 N–H and O–H groups in total. The Morgan fingerprint density at radius 3 is 2.00 bits per heavy atom. The third-order valence-corrected chi connectivity index (χ3v) is 3.90. The minimum Gasteiger partial charge on any atom is -0.398 e. The first kappa shape index (κ1) is 20.6. The summed E-state index contributed by atoms with van der Waals surface area (Å²) < 4.78 is 59.3. The lowest BCUT2D eigenvalue weighted by Crippen LogP contribution is -2.29. The van der Waals surface area contributed by atoms with Crippen LogP contribution in [-0.4, -0.2) is 13.9 Å². The lowest BCUT2D eigenvalue weighted by atomic mass is 10.1. The van der Waals surface area contributed by atoms with Crippen LogP contribution in [0.25, 0.3) is 0 Å². The normalized spacial score (nSPS) is 11.5. The van der Waals surface area contributed by atoms with E-state index < -0.39 is 15.5 Å². The number of benzene rings is 1. The van der Waals surface area contributed by atoms with Crippen LogP contribution in [0.2, 0.25) is 0 Å². The van der Waals surface area contributed by atoms with Gasteiger partial charge in [-0.15, -0.1) is 0 Å². The van der Waals surface area contributed by atoms with Crippen molar-refractivity contribution >= 4 is 21.4 Å². The van der Waals surface area contributed by atoms with Gasteiger partial charge in [0, 0.05) is 5.69 Å². The molecule has 0 saturated heterocycles. The fourth-order valence-electron chi connectivity index (χ4n) is 1.55. The van der Waals surface area contributed by atoms with E-state index in [1.165, 1.54) is 36.1 Å². The zero-order valence-corrected chi connectivity index (χ0v) is 13.8. The molecule has 8 heteroatoms. The van der Waals surface area contributed by atoms with Crippen LogP contribution in [0.4, 0.5) is 24.5 Å². The Morgan fingerprint density at radius 1 is 1.14 bits per heavy atom. The molecule has 0 aliphatic rings. The van der Waals surface area contributed by atoms with Crippen molar-refractivity contribution in [3.05, 3.63) is 23.8 Å². The van der Waals surface area contributed by atoms with Gasteiger partial charge in [0.25, 0.3) is 0 Å². The molecule has 0 amide bonds. The van der Waals surface area contributed by atoms with Gasteiger partial charge in [-0.2, -0.15) is 21.6 Å². The Morgan fingerprint density at radius 2 is 1.68 bits per heavy atom. The van der Waals surface area contributed by atoms with Gasteiger partial charge in [0.1, 0.15) is 0 Å². The third-order valence-electron chi connectivity index (χ3n) is 2.79. The van der Waals surface area contributed by atoms with Crippen molar-refractivity contribution in [2.24, 2.45) is 0 Å². The Bertz CT molecular complexity index is 556. The minimum atomic E-state index is -5.39. The van der Waals surface area contributed by atoms with Gasteiger partial charge >= 0.3 is 15.5 Å². The standard InChI is InChI=1S/C9H11F3N2O2S.C5H12/c1-2-6-3-4-7(5-8(6)13)14-17(15,16)9(10,11)12;1-3-5-4-2/h3-5,14H,2,13H2,1H3;3-5H2,1-2H3. The van der Waals surface area contributed by atoms with Crippen molar-refractivity contribution in [1.29, 1.82) is 0 Å². The minimum absolute atomic E-state index is 0.211. The molecule has 0 unspecified atom stereocenters. The SMILES string of the molecule is CCCCC.CCc1ccc(NS(=O)(=O)C(F)(F)F)cc1N. The average molecular weight is 340 g/mol.